The summed E-state index contributed by atoms with van der Waals surface area (Å²) in [5.74, 6) is -0.687. The van der Waals surface area contributed by atoms with E-state index in [9.17, 15) is 10.1 Å². The fourth-order valence-corrected chi connectivity index (χ4v) is 3.07. The van der Waals surface area contributed by atoms with Gasteiger partial charge in [0.05, 0.1) is 18.1 Å². The lowest BCUT2D eigenvalue weighted by molar-refractivity contribution is -0.139. The molecule has 5 nitrogen and oxygen atoms in total. The van der Waals surface area contributed by atoms with E-state index in [1.165, 1.54) is 0 Å². The largest absolute Gasteiger partial charge is 0.463 e. The number of esters is 1. The summed E-state index contributed by atoms with van der Waals surface area (Å²) in [7, 11) is 0. The summed E-state index contributed by atoms with van der Waals surface area (Å²) >= 11 is 2.17. The number of nitriles is 1. The minimum Gasteiger partial charge on any atom is -0.463 e. The average molecular weight is 410 g/mol. The zero-order valence-corrected chi connectivity index (χ0v) is 14.4. The van der Waals surface area contributed by atoms with Crippen molar-refractivity contribution in [2.75, 3.05) is 6.61 Å². The Labute approximate surface area is 142 Å². The Morgan fingerprint density at radius 1 is 1.50 bits per heavy atom. The molecule has 0 saturated heterocycles. The van der Waals surface area contributed by atoms with E-state index in [-0.39, 0.29) is 18.1 Å². The Hall–Kier alpha value is -2.01. The van der Waals surface area contributed by atoms with E-state index in [4.69, 9.17) is 15.2 Å². The van der Waals surface area contributed by atoms with Crippen LogP contribution in [-0.2, 0) is 14.3 Å². The first-order valence-electron chi connectivity index (χ1n) is 6.71. The van der Waals surface area contributed by atoms with Gasteiger partial charge in [0.25, 0.3) is 0 Å². The van der Waals surface area contributed by atoms with Crippen molar-refractivity contribution in [1.29, 1.82) is 5.26 Å². The number of benzene rings is 1. The second-order valence-corrected chi connectivity index (χ2v) is 5.80. The molecule has 1 unspecified atom stereocenters. The van der Waals surface area contributed by atoms with Gasteiger partial charge in [-0.1, -0.05) is 18.2 Å². The summed E-state index contributed by atoms with van der Waals surface area (Å²) in [6.45, 7) is 3.62. The van der Waals surface area contributed by atoms with Gasteiger partial charge in [-0.2, -0.15) is 5.26 Å². The molecule has 0 amide bonds. The van der Waals surface area contributed by atoms with Crippen molar-refractivity contribution in [3.05, 3.63) is 56.2 Å². The fourth-order valence-electron chi connectivity index (χ4n) is 2.38. The minimum atomic E-state index is -0.578. The van der Waals surface area contributed by atoms with Gasteiger partial charge in [0.2, 0.25) is 5.88 Å². The van der Waals surface area contributed by atoms with Gasteiger partial charge < -0.3 is 15.2 Å². The second kappa shape index (κ2) is 6.83. The highest BCUT2D eigenvalue weighted by Gasteiger charge is 2.36. The van der Waals surface area contributed by atoms with Gasteiger partial charge in [-0.3, -0.25) is 0 Å². The van der Waals surface area contributed by atoms with E-state index in [2.05, 4.69) is 28.7 Å². The van der Waals surface area contributed by atoms with Crippen LogP contribution in [0.2, 0.25) is 0 Å². The highest BCUT2D eigenvalue weighted by molar-refractivity contribution is 14.1. The maximum absolute atomic E-state index is 12.3. The van der Waals surface area contributed by atoms with Crippen LogP contribution in [0.25, 0.3) is 0 Å². The van der Waals surface area contributed by atoms with Crippen LogP contribution in [0.4, 0.5) is 0 Å². The van der Waals surface area contributed by atoms with Crippen molar-refractivity contribution in [3.8, 4) is 6.07 Å². The molecular formula is C16H15IN2O3. The Kier molecular flexibility index (Phi) is 5.08. The van der Waals surface area contributed by atoms with Crippen LogP contribution in [-0.4, -0.2) is 12.6 Å². The second-order valence-electron chi connectivity index (χ2n) is 4.64. The van der Waals surface area contributed by atoms with Crippen molar-refractivity contribution in [3.63, 3.8) is 0 Å². The van der Waals surface area contributed by atoms with Crippen LogP contribution >= 0.6 is 22.6 Å². The molecule has 6 heteroatoms. The summed E-state index contributed by atoms with van der Waals surface area (Å²) in [6, 6.07) is 9.59. The lowest BCUT2D eigenvalue weighted by Crippen LogP contribution is -2.26. The highest BCUT2D eigenvalue weighted by atomic mass is 127. The number of hydrogen-bond donors (Lipinski definition) is 1. The van der Waals surface area contributed by atoms with Crippen molar-refractivity contribution in [2.45, 2.75) is 19.8 Å². The van der Waals surface area contributed by atoms with Crippen LogP contribution in [0, 0.1) is 14.9 Å². The van der Waals surface area contributed by atoms with Gasteiger partial charge >= 0.3 is 5.97 Å². The minimum absolute atomic E-state index is 0.0256. The molecule has 22 heavy (non-hydrogen) atoms. The summed E-state index contributed by atoms with van der Waals surface area (Å²) in [4.78, 5) is 12.3. The fraction of sp³-hybridized carbons (Fsp3) is 0.250. The number of ether oxygens (including phenoxy) is 2. The summed E-state index contributed by atoms with van der Waals surface area (Å²) < 4.78 is 11.4. The molecule has 1 aromatic rings. The third-order valence-electron chi connectivity index (χ3n) is 3.32. The average Bonchev–Trinajstić information content (AvgIpc) is 2.47. The van der Waals surface area contributed by atoms with Crippen LogP contribution in [0.15, 0.2) is 47.1 Å². The first kappa shape index (κ1) is 16.4. The summed E-state index contributed by atoms with van der Waals surface area (Å²) in [6.07, 6.45) is 0. The molecule has 0 aromatic heterocycles. The molecule has 0 aliphatic carbocycles. The Bertz CT molecular complexity index is 716. The number of carbonyl (C=O) groups is 1. The van der Waals surface area contributed by atoms with Gasteiger partial charge in [0.15, 0.2) is 0 Å². The van der Waals surface area contributed by atoms with E-state index >= 15 is 0 Å². The number of halogens is 1. The third-order valence-corrected chi connectivity index (χ3v) is 4.30. The number of hydrogen-bond acceptors (Lipinski definition) is 5. The third kappa shape index (κ3) is 2.95. The van der Waals surface area contributed by atoms with E-state index in [1.807, 2.05) is 24.3 Å². The normalized spacial score (nSPS) is 17.8. The number of nitrogens with two attached hydrogens (primary N) is 1. The number of rotatable bonds is 3. The molecule has 2 N–H and O–H groups in total. The van der Waals surface area contributed by atoms with Gasteiger partial charge in [-0.05, 0) is 48.1 Å². The van der Waals surface area contributed by atoms with Gasteiger partial charge in [0, 0.05) is 3.57 Å². The van der Waals surface area contributed by atoms with Crippen molar-refractivity contribution >= 4 is 28.6 Å². The van der Waals surface area contributed by atoms with Crippen molar-refractivity contribution in [1.82, 2.24) is 0 Å². The van der Waals surface area contributed by atoms with Crippen molar-refractivity contribution < 1.29 is 14.3 Å². The number of nitrogens with zero attached hydrogens (tertiary/aromatic N) is 1. The molecule has 114 valence electrons. The topological polar surface area (TPSA) is 85.3 Å². The molecule has 0 spiro atoms. The molecule has 1 atom stereocenters. The predicted octanol–water partition coefficient (Wildman–Crippen LogP) is 2.94. The van der Waals surface area contributed by atoms with Gasteiger partial charge in [-0.15, -0.1) is 0 Å². The quantitative estimate of drug-likeness (QED) is 0.612. The van der Waals surface area contributed by atoms with Crippen LogP contribution in [0.3, 0.4) is 0 Å². The van der Waals surface area contributed by atoms with Crippen LogP contribution in [0.1, 0.15) is 25.3 Å². The SMILES string of the molecule is CCOC(=O)C1=C(C)OC(N)=C(C#N)C1c1ccccc1I. The Morgan fingerprint density at radius 3 is 2.77 bits per heavy atom. The molecular weight excluding hydrogens is 395 g/mol. The van der Waals surface area contributed by atoms with E-state index in [0.29, 0.717) is 11.3 Å². The Morgan fingerprint density at radius 2 is 2.18 bits per heavy atom. The maximum Gasteiger partial charge on any atom is 0.338 e. The van der Waals surface area contributed by atoms with Crippen LogP contribution < -0.4 is 5.73 Å². The molecule has 1 aromatic carbocycles. The van der Waals surface area contributed by atoms with Gasteiger partial charge in [0.1, 0.15) is 17.4 Å². The predicted molar refractivity (Wildman–Crippen MR) is 89.1 cm³/mol. The zero-order chi connectivity index (χ0) is 16.3. The van der Waals surface area contributed by atoms with Gasteiger partial charge in [-0.25, -0.2) is 4.79 Å². The molecule has 0 bridgehead atoms. The lowest BCUT2D eigenvalue weighted by Gasteiger charge is -2.27. The lowest BCUT2D eigenvalue weighted by atomic mass is 9.83. The molecule has 2 rings (SSSR count). The van der Waals surface area contributed by atoms with Crippen LogP contribution in [0.5, 0.6) is 0 Å². The highest BCUT2D eigenvalue weighted by Crippen LogP contribution is 2.40. The standard InChI is InChI=1S/C16H15IN2O3/c1-3-21-16(20)13-9(2)22-15(19)11(8-18)14(13)10-6-4-5-7-12(10)17/h4-7,14H,3,19H2,1-2H3. The first-order chi connectivity index (χ1) is 10.5. The van der Waals surface area contributed by atoms with Crippen molar-refractivity contribution in [2.24, 2.45) is 5.73 Å². The Balaban J connectivity index is 2.65. The zero-order valence-electron chi connectivity index (χ0n) is 12.2. The monoisotopic (exact) mass is 410 g/mol. The summed E-state index contributed by atoms with van der Waals surface area (Å²) in [5.41, 5.74) is 7.20. The number of carbonyl (C=O) groups excluding carboxylic acids is 1. The smallest absolute Gasteiger partial charge is 0.338 e. The molecule has 0 fully saturated rings. The molecule has 0 radical (unpaired) electrons. The van der Waals surface area contributed by atoms with E-state index in [1.54, 1.807) is 13.8 Å². The van der Waals surface area contributed by atoms with E-state index < -0.39 is 11.9 Å². The molecule has 1 aliphatic heterocycles. The summed E-state index contributed by atoms with van der Waals surface area (Å²) in [5, 5.41) is 9.45. The molecule has 0 saturated carbocycles. The molecule has 1 heterocycles. The number of allylic oxidation sites excluding steroid dienone is 2. The first-order valence-corrected chi connectivity index (χ1v) is 7.79. The molecule has 1 aliphatic rings. The van der Waals surface area contributed by atoms with E-state index in [0.717, 1.165) is 9.13 Å². The maximum atomic E-state index is 12.3.